The third-order valence-corrected chi connectivity index (χ3v) is 3.36. The fourth-order valence-electron chi connectivity index (χ4n) is 1.84. The van der Waals surface area contributed by atoms with Crippen molar-refractivity contribution in [3.05, 3.63) is 70.3 Å². The largest absolute Gasteiger partial charge is 0.287 e. The number of aromatic nitrogens is 2. The smallest absolute Gasteiger partial charge is 0.213 e. The molecule has 0 aliphatic heterocycles. The minimum absolute atomic E-state index is 0.120. The average Bonchev–Trinajstić information content (AvgIpc) is 2.47. The molecule has 92 valence electrons. The van der Waals surface area contributed by atoms with E-state index in [2.05, 4.69) is 26.1 Å². The van der Waals surface area contributed by atoms with Crippen molar-refractivity contribution in [2.45, 2.75) is 0 Å². The summed E-state index contributed by atoms with van der Waals surface area (Å²) in [6, 6.07) is 16.6. The van der Waals surface area contributed by atoms with E-state index in [1.165, 1.54) is 0 Å². The highest BCUT2D eigenvalue weighted by atomic mass is 79.9. The number of fused-ring (bicyclic) bond motifs is 1. The van der Waals surface area contributed by atoms with Gasteiger partial charge in [-0.05, 0) is 36.4 Å². The fourth-order valence-corrected chi connectivity index (χ4v) is 2.11. The van der Waals surface area contributed by atoms with Gasteiger partial charge in [0, 0.05) is 15.4 Å². The molecular formula is C15H9BrN2O. The molecule has 0 saturated heterocycles. The van der Waals surface area contributed by atoms with E-state index in [0.29, 0.717) is 11.3 Å². The van der Waals surface area contributed by atoms with Crippen molar-refractivity contribution in [2.24, 2.45) is 0 Å². The van der Waals surface area contributed by atoms with Crippen LogP contribution >= 0.6 is 15.9 Å². The number of benzene rings is 2. The molecule has 0 bridgehead atoms. The second-order valence-corrected chi connectivity index (χ2v) is 5.04. The van der Waals surface area contributed by atoms with E-state index in [4.69, 9.17) is 0 Å². The Kier molecular flexibility index (Phi) is 3.09. The molecule has 4 heteroatoms. The Labute approximate surface area is 118 Å². The molecule has 1 heterocycles. The highest BCUT2D eigenvalue weighted by molar-refractivity contribution is 9.10. The van der Waals surface area contributed by atoms with E-state index in [-0.39, 0.29) is 5.78 Å². The summed E-state index contributed by atoms with van der Waals surface area (Å²) in [5.41, 5.74) is 1.75. The van der Waals surface area contributed by atoms with Gasteiger partial charge in [-0.15, -0.1) is 10.2 Å². The lowest BCUT2D eigenvalue weighted by atomic mass is 10.1. The molecule has 3 rings (SSSR count). The zero-order valence-corrected chi connectivity index (χ0v) is 11.5. The van der Waals surface area contributed by atoms with Gasteiger partial charge in [-0.3, -0.25) is 4.79 Å². The summed E-state index contributed by atoms with van der Waals surface area (Å²) in [6.07, 6.45) is 0. The van der Waals surface area contributed by atoms with E-state index < -0.39 is 0 Å². The van der Waals surface area contributed by atoms with E-state index in [9.17, 15) is 4.79 Å². The molecule has 0 aliphatic rings. The van der Waals surface area contributed by atoms with E-state index >= 15 is 0 Å². The summed E-state index contributed by atoms with van der Waals surface area (Å²) < 4.78 is 0.939. The lowest BCUT2D eigenvalue weighted by Gasteiger charge is -2.01. The quantitative estimate of drug-likeness (QED) is 0.679. The van der Waals surface area contributed by atoms with Crippen LogP contribution in [0, 0.1) is 0 Å². The van der Waals surface area contributed by atoms with Gasteiger partial charge in [-0.2, -0.15) is 0 Å². The first-order valence-corrected chi connectivity index (χ1v) is 6.56. The molecule has 0 atom stereocenters. The maximum absolute atomic E-state index is 12.3. The van der Waals surface area contributed by atoms with Gasteiger partial charge < -0.3 is 0 Å². The molecular weight excluding hydrogens is 304 g/mol. The van der Waals surface area contributed by atoms with Gasteiger partial charge in [0.2, 0.25) is 5.78 Å². The van der Waals surface area contributed by atoms with Crippen molar-refractivity contribution in [3.63, 3.8) is 0 Å². The van der Waals surface area contributed by atoms with Crippen molar-refractivity contribution in [2.75, 3.05) is 0 Å². The SMILES string of the molecule is O=C(c1ccc(Br)cc1)c1cc2ccccc2nn1. The van der Waals surface area contributed by atoms with Crippen LogP contribution in [0.4, 0.5) is 0 Å². The van der Waals surface area contributed by atoms with E-state index in [0.717, 1.165) is 15.4 Å². The maximum Gasteiger partial charge on any atom is 0.213 e. The predicted molar refractivity (Wildman–Crippen MR) is 77.1 cm³/mol. The molecule has 3 aromatic rings. The minimum atomic E-state index is -0.120. The van der Waals surface area contributed by atoms with Crippen LogP contribution in [0.5, 0.6) is 0 Å². The number of carbonyl (C=O) groups excluding carboxylic acids is 1. The maximum atomic E-state index is 12.3. The van der Waals surface area contributed by atoms with Crippen LogP contribution in [0.25, 0.3) is 10.9 Å². The number of hydrogen-bond acceptors (Lipinski definition) is 3. The normalized spacial score (nSPS) is 10.6. The van der Waals surface area contributed by atoms with Gasteiger partial charge in [0.15, 0.2) is 0 Å². The van der Waals surface area contributed by atoms with Crippen LogP contribution in [-0.2, 0) is 0 Å². The Morgan fingerprint density at radius 2 is 1.68 bits per heavy atom. The first-order valence-electron chi connectivity index (χ1n) is 5.77. The molecule has 0 unspecified atom stereocenters. The molecule has 1 aromatic heterocycles. The van der Waals surface area contributed by atoms with E-state index in [1.54, 1.807) is 18.2 Å². The fraction of sp³-hybridized carbons (Fsp3) is 0. The van der Waals surface area contributed by atoms with Crippen molar-refractivity contribution < 1.29 is 4.79 Å². The summed E-state index contributed by atoms with van der Waals surface area (Å²) in [5, 5.41) is 8.97. The topological polar surface area (TPSA) is 42.9 Å². The van der Waals surface area contributed by atoms with E-state index in [1.807, 2.05) is 36.4 Å². The first kappa shape index (κ1) is 12.0. The van der Waals surface area contributed by atoms with Crippen LogP contribution in [0.15, 0.2) is 59.1 Å². The number of rotatable bonds is 2. The predicted octanol–water partition coefficient (Wildman–Crippen LogP) is 3.62. The minimum Gasteiger partial charge on any atom is -0.287 e. The number of halogens is 1. The van der Waals surface area contributed by atoms with Gasteiger partial charge in [0.05, 0.1) is 5.52 Å². The zero-order valence-electron chi connectivity index (χ0n) is 9.88. The molecule has 2 aromatic carbocycles. The third-order valence-electron chi connectivity index (χ3n) is 2.83. The molecule has 0 spiro atoms. The van der Waals surface area contributed by atoms with Gasteiger partial charge in [-0.25, -0.2) is 0 Å². The van der Waals surface area contributed by atoms with Crippen LogP contribution < -0.4 is 0 Å². The summed E-state index contributed by atoms with van der Waals surface area (Å²) in [5.74, 6) is -0.120. The van der Waals surface area contributed by atoms with Gasteiger partial charge in [0.25, 0.3) is 0 Å². The molecule has 0 fully saturated rings. The Morgan fingerprint density at radius 1 is 0.947 bits per heavy atom. The Morgan fingerprint density at radius 3 is 2.47 bits per heavy atom. The number of ketones is 1. The Balaban J connectivity index is 2.04. The summed E-state index contributed by atoms with van der Waals surface area (Å²) >= 11 is 3.34. The van der Waals surface area contributed by atoms with Crippen LogP contribution in [0.3, 0.4) is 0 Å². The summed E-state index contributed by atoms with van der Waals surface area (Å²) in [4.78, 5) is 12.3. The van der Waals surface area contributed by atoms with Gasteiger partial charge in [-0.1, -0.05) is 34.1 Å². The molecule has 0 radical (unpaired) electrons. The highest BCUT2D eigenvalue weighted by Crippen LogP contribution is 2.16. The Bertz CT molecular complexity index is 753. The average molecular weight is 313 g/mol. The van der Waals surface area contributed by atoms with Crippen LogP contribution in [0.2, 0.25) is 0 Å². The molecule has 0 saturated carbocycles. The molecule has 19 heavy (non-hydrogen) atoms. The zero-order chi connectivity index (χ0) is 13.2. The lowest BCUT2D eigenvalue weighted by Crippen LogP contribution is -2.05. The van der Waals surface area contributed by atoms with Gasteiger partial charge >= 0.3 is 0 Å². The Hall–Kier alpha value is -2.07. The lowest BCUT2D eigenvalue weighted by molar-refractivity contribution is 0.103. The van der Waals surface area contributed by atoms with Crippen LogP contribution in [0.1, 0.15) is 16.1 Å². The molecule has 3 nitrogen and oxygen atoms in total. The monoisotopic (exact) mass is 312 g/mol. The first-order chi connectivity index (χ1) is 9.24. The van der Waals surface area contributed by atoms with Crippen molar-refractivity contribution >= 4 is 32.6 Å². The number of carbonyl (C=O) groups is 1. The molecule has 0 amide bonds. The van der Waals surface area contributed by atoms with Crippen molar-refractivity contribution in [3.8, 4) is 0 Å². The molecule has 0 N–H and O–H groups in total. The molecule has 0 aliphatic carbocycles. The standard InChI is InChI=1S/C15H9BrN2O/c16-12-7-5-10(6-8-12)15(19)14-9-11-3-1-2-4-13(11)17-18-14/h1-9H. The summed E-state index contributed by atoms with van der Waals surface area (Å²) in [6.45, 7) is 0. The van der Waals surface area contributed by atoms with Crippen molar-refractivity contribution in [1.82, 2.24) is 10.2 Å². The number of nitrogens with zero attached hydrogens (tertiary/aromatic N) is 2. The third kappa shape index (κ3) is 2.39. The highest BCUT2D eigenvalue weighted by Gasteiger charge is 2.11. The van der Waals surface area contributed by atoms with Crippen molar-refractivity contribution in [1.29, 1.82) is 0 Å². The second kappa shape index (κ2) is 4.90. The second-order valence-electron chi connectivity index (χ2n) is 4.12. The number of hydrogen-bond donors (Lipinski definition) is 0. The van der Waals surface area contributed by atoms with Gasteiger partial charge in [0.1, 0.15) is 5.69 Å². The summed E-state index contributed by atoms with van der Waals surface area (Å²) in [7, 11) is 0. The van der Waals surface area contributed by atoms with Crippen LogP contribution in [-0.4, -0.2) is 16.0 Å².